The summed E-state index contributed by atoms with van der Waals surface area (Å²) in [5.41, 5.74) is -6.31. The van der Waals surface area contributed by atoms with Gasteiger partial charge < -0.3 is 5.32 Å². The van der Waals surface area contributed by atoms with Crippen molar-refractivity contribution in [2.75, 3.05) is 5.32 Å². The maximum absolute atomic E-state index is 14.2. The molecular weight excluding hydrogens is 516 g/mol. The van der Waals surface area contributed by atoms with Crippen LogP contribution in [0.25, 0.3) is 0 Å². The zero-order valence-electron chi connectivity index (χ0n) is 10.5. The Bertz CT molecular complexity index is 561. The van der Waals surface area contributed by atoms with E-state index in [9.17, 15) is 31.1 Å². The van der Waals surface area contributed by atoms with Crippen molar-refractivity contribution in [2.45, 2.75) is 23.6 Å². The van der Waals surface area contributed by atoms with Gasteiger partial charge in [0.15, 0.2) is 0 Å². The first-order valence-corrected chi connectivity index (χ1v) is 7.69. The highest BCUT2D eigenvalue weighted by atomic mass is 79.9. The molecule has 11 heteroatoms. The average molecular weight is 522 g/mol. The van der Waals surface area contributed by atoms with E-state index in [1.165, 1.54) is 15.9 Å². The van der Waals surface area contributed by atoms with Crippen molar-refractivity contribution < 1.29 is 31.1 Å². The van der Waals surface area contributed by atoms with Crippen molar-refractivity contribution in [3.8, 4) is 0 Å². The first-order valence-electron chi connectivity index (χ1n) is 5.31. The van der Waals surface area contributed by atoms with Crippen molar-refractivity contribution >= 4 is 59.4 Å². The van der Waals surface area contributed by atoms with Crippen LogP contribution in [-0.4, -0.2) is 16.9 Å². The number of nitrogens with one attached hydrogen (secondary N) is 1. The van der Waals surface area contributed by atoms with Crippen LogP contribution in [0, 0.1) is 0 Å². The van der Waals surface area contributed by atoms with E-state index in [0.29, 0.717) is 12.1 Å². The molecule has 1 rings (SSSR count). The third-order valence-electron chi connectivity index (χ3n) is 2.52. The molecule has 1 amide bonds. The molecule has 0 saturated carbocycles. The van der Waals surface area contributed by atoms with Crippen LogP contribution in [-0.2, 0) is 10.5 Å². The number of carbonyl (C=O) groups excluding carboxylic acids is 1. The molecule has 0 aliphatic rings. The van der Waals surface area contributed by atoms with Crippen molar-refractivity contribution in [1.82, 2.24) is 0 Å². The van der Waals surface area contributed by atoms with Crippen LogP contribution >= 0.6 is 47.8 Å². The summed E-state index contributed by atoms with van der Waals surface area (Å²) >= 11 is 7.08. The molecule has 124 valence electrons. The fourth-order valence-corrected chi connectivity index (χ4v) is 3.39. The lowest BCUT2D eigenvalue weighted by atomic mass is 9.95. The summed E-state index contributed by atoms with van der Waals surface area (Å²) in [5, 5.41) is 2.26. The number of hydrogen-bond donors (Lipinski definition) is 1. The third kappa shape index (κ3) is 3.61. The smallest absolute Gasteiger partial charge is 0.324 e. The molecule has 0 spiro atoms. The van der Waals surface area contributed by atoms with E-state index >= 15 is 0 Å². The minimum atomic E-state index is -5.88. The molecule has 1 N–H and O–H groups in total. The van der Waals surface area contributed by atoms with Gasteiger partial charge >= 0.3 is 16.7 Å². The first-order chi connectivity index (χ1) is 9.71. The van der Waals surface area contributed by atoms with E-state index in [2.05, 4.69) is 37.2 Å². The SMILES string of the molecule is CC(=O)Nc1c(Br)cc(C(F)(C(F)(F)F)C(F)(F)Br)cc1Br. The number of anilines is 1. The molecular formula is C11H6Br3F6NO. The monoisotopic (exact) mass is 519 g/mol. The zero-order valence-corrected chi connectivity index (χ0v) is 15.2. The highest BCUT2D eigenvalue weighted by Crippen LogP contribution is 2.56. The number of hydrogen-bond acceptors (Lipinski definition) is 1. The quantitative estimate of drug-likeness (QED) is 0.390. The summed E-state index contributed by atoms with van der Waals surface area (Å²) < 4.78 is 79.0. The molecule has 0 saturated heterocycles. The predicted octanol–water partition coefficient (Wildman–Crippen LogP) is 5.88. The van der Waals surface area contributed by atoms with E-state index in [-0.39, 0.29) is 14.6 Å². The van der Waals surface area contributed by atoms with E-state index in [0.717, 1.165) is 6.92 Å². The largest absolute Gasteiger partial charge is 0.433 e. The summed E-state index contributed by atoms with van der Waals surface area (Å²) in [6.07, 6.45) is -5.88. The molecule has 0 aliphatic carbocycles. The van der Waals surface area contributed by atoms with Crippen molar-refractivity contribution in [3.63, 3.8) is 0 Å². The van der Waals surface area contributed by atoms with Crippen molar-refractivity contribution in [2.24, 2.45) is 0 Å². The van der Waals surface area contributed by atoms with Crippen LogP contribution in [0.5, 0.6) is 0 Å². The lowest BCUT2D eigenvalue weighted by Gasteiger charge is -2.32. The molecule has 1 atom stereocenters. The van der Waals surface area contributed by atoms with Gasteiger partial charge in [0, 0.05) is 21.4 Å². The van der Waals surface area contributed by atoms with Gasteiger partial charge in [0.2, 0.25) is 5.91 Å². The highest BCUT2D eigenvalue weighted by Gasteiger charge is 2.71. The van der Waals surface area contributed by atoms with E-state index in [1.54, 1.807) is 0 Å². The number of benzene rings is 1. The molecule has 0 fully saturated rings. The number of halogens is 9. The normalized spacial score (nSPS) is 15.4. The van der Waals surface area contributed by atoms with Gasteiger partial charge in [0.25, 0.3) is 0 Å². The molecule has 22 heavy (non-hydrogen) atoms. The second-order valence-electron chi connectivity index (χ2n) is 4.15. The van der Waals surface area contributed by atoms with Crippen LogP contribution in [0.3, 0.4) is 0 Å². The van der Waals surface area contributed by atoms with Crippen molar-refractivity contribution in [3.05, 3.63) is 26.6 Å². The summed E-state index contributed by atoms with van der Waals surface area (Å²) in [7, 11) is 0. The molecule has 0 heterocycles. The Labute approximate surface area is 146 Å². The Morgan fingerprint density at radius 2 is 1.45 bits per heavy atom. The molecule has 1 unspecified atom stereocenters. The molecule has 1 aromatic rings. The fraction of sp³-hybridized carbons (Fsp3) is 0.364. The van der Waals surface area contributed by atoms with Gasteiger partial charge in [-0.2, -0.15) is 22.0 Å². The van der Waals surface area contributed by atoms with Crippen LogP contribution in [0.15, 0.2) is 21.1 Å². The van der Waals surface area contributed by atoms with Gasteiger partial charge in [-0.25, -0.2) is 4.39 Å². The van der Waals surface area contributed by atoms with E-state index in [1.807, 2.05) is 0 Å². The number of alkyl halides is 7. The number of amides is 1. The van der Waals surface area contributed by atoms with Gasteiger partial charge in [-0.05, 0) is 59.9 Å². The summed E-state index contributed by atoms with van der Waals surface area (Å²) in [6, 6.07) is 1.05. The minimum absolute atomic E-state index is 0.0151. The lowest BCUT2D eigenvalue weighted by Crippen LogP contribution is -2.49. The Balaban J connectivity index is 3.58. The number of carbonyl (C=O) groups is 1. The first kappa shape index (κ1) is 19.8. The second-order valence-corrected chi connectivity index (χ2v) is 6.85. The third-order valence-corrected chi connectivity index (χ3v) is 4.32. The van der Waals surface area contributed by atoms with Crippen LogP contribution in [0.2, 0.25) is 0 Å². The average Bonchev–Trinajstić information content (AvgIpc) is 2.29. The van der Waals surface area contributed by atoms with Gasteiger partial charge in [-0.15, -0.1) is 0 Å². The van der Waals surface area contributed by atoms with Gasteiger partial charge in [0.05, 0.1) is 5.69 Å². The summed E-state index contributed by atoms with van der Waals surface area (Å²) in [4.78, 5) is 6.09. The summed E-state index contributed by atoms with van der Waals surface area (Å²) in [6.45, 7) is 1.13. The maximum atomic E-state index is 14.2. The standard InChI is InChI=1S/C11H6Br3F6NO/c1-4(22)21-8-6(12)2-5(3-7(8)13)9(15,10(14,16)17)11(18,19)20/h2-3H,1H3,(H,21,22). The van der Waals surface area contributed by atoms with Gasteiger partial charge in [-0.1, -0.05) is 0 Å². The van der Waals surface area contributed by atoms with Crippen molar-refractivity contribution in [1.29, 1.82) is 0 Å². The Morgan fingerprint density at radius 3 is 1.73 bits per heavy atom. The van der Waals surface area contributed by atoms with E-state index < -0.39 is 28.1 Å². The Hall–Kier alpha value is -0.290. The summed E-state index contributed by atoms with van der Waals surface area (Å²) in [5.74, 6) is -0.553. The molecule has 2 nitrogen and oxygen atoms in total. The highest BCUT2D eigenvalue weighted by molar-refractivity contribution is 9.11. The van der Waals surface area contributed by atoms with Gasteiger partial charge in [-0.3, -0.25) is 4.79 Å². The lowest BCUT2D eigenvalue weighted by molar-refractivity contribution is -0.282. The topological polar surface area (TPSA) is 29.1 Å². The molecule has 0 aromatic heterocycles. The Morgan fingerprint density at radius 1 is 1.05 bits per heavy atom. The molecule has 0 radical (unpaired) electrons. The zero-order chi connectivity index (χ0) is 17.5. The van der Waals surface area contributed by atoms with Crippen LogP contribution < -0.4 is 5.32 Å². The van der Waals surface area contributed by atoms with E-state index in [4.69, 9.17) is 0 Å². The van der Waals surface area contributed by atoms with Crippen LogP contribution in [0.1, 0.15) is 12.5 Å². The maximum Gasteiger partial charge on any atom is 0.433 e. The second kappa shape index (κ2) is 6.31. The molecule has 1 aromatic carbocycles. The molecule has 0 aliphatic heterocycles. The van der Waals surface area contributed by atoms with Gasteiger partial charge in [0.1, 0.15) is 0 Å². The fourth-order valence-electron chi connectivity index (χ4n) is 1.56. The van der Waals surface area contributed by atoms with Crippen LogP contribution in [0.4, 0.5) is 32.0 Å². The predicted molar refractivity (Wildman–Crippen MR) is 78.9 cm³/mol. The minimum Gasteiger partial charge on any atom is -0.324 e. The molecule has 0 bridgehead atoms. The number of rotatable bonds is 3. The Kier molecular flexibility index (Phi) is 5.67.